The lowest BCUT2D eigenvalue weighted by atomic mass is 10.2. The van der Waals surface area contributed by atoms with E-state index in [0.29, 0.717) is 13.3 Å². The van der Waals surface area contributed by atoms with Gasteiger partial charge in [0.05, 0.1) is 6.20 Å². The number of phosphoric acid groups is 3. The number of ether oxygens (including phenoxy) is 1. The van der Waals surface area contributed by atoms with Crippen molar-refractivity contribution < 1.29 is 70.2 Å². The van der Waals surface area contributed by atoms with Crippen molar-refractivity contribution in [3.05, 3.63) is 28.2 Å². The lowest BCUT2D eigenvalue weighted by Crippen LogP contribution is -2.38. The zero-order chi connectivity index (χ0) is 24.6. The van der Waals surface area contributed by atoms with E-state index in [1.807, 2.05) is 0 Å². The third kappa shape index (κ3) is 6.33. The van der Waals surface area contributed by atoms with Crippen molar-refractivity contribution in [2.24, 2.45) is 5.73 Å². The molecule has 2 rings (SSSR count). The standard InChI is InChI=1S/C10H15FN3O15P3/c1-25-30(19,20)28-32(23,24)29-31(21,22)27-10-6(16)5(15)9(26-10)14-2-3(11)13-4(7(12)17)8(14)18/h2,5-6,9-10,15-16H,1H3,(H2,12,17)(H,19,20)(H,21,22)(H,23,24)/t5-,6+,9-,10-/m1/s1. The number of nitrogens with two attached hydrogens (primary N) is 1. The Hall–Kier alpha value is -1.43. The van der Waals surface area contributed by atoms with E-state index in [4.69, 9.17) is 15.4 Å². The van der Waals surface area contributed by atoms with Gasteiger partial charge in [-0.25, -0.2) is 18.7 Å². The predicted octanol–water partition coefficient (Wildman–Crippen LogP) is -1.94. The van der Waals surface area contributed by atoms with Crippen LogP contribution < -0.4 is 11.3 Å². The largest absolute Gasteiger partial charge is 0.490 e. The van der Waals surface area contributed by atoms with Gasteiger partial charge in [0, 0.05) is 7.11 Å². The van der Waals surface area contributed by atoms with E-state index in [1.165, 1.54) is 0 Å². The van der Waals surface area contributed by atoms with Gasteiger partial charge in [0.1, 0.15) is 12.2 Å². The maximum atomic E-state index is 13.6. The van der Waals surface area contributed by atoms with Crippen LogP contribution in [0.3, 0.4) is 0 Å². The summed E-state index contributed by atoms with van der Waals surface area (Å²) in [5.74, 6) is -2.89. The lowest BCUT2D eigenvalue weighted by Gasteiger charge is -2.21. The first-order valence-corrected chi connectivity index (χ1v) is 12.2. The lowest BCUT2D eigenvalue weighted by molar-refractivity contribution is -0.135. The summed E-state index contributed by atoms with van der Waals surface area (Å²) in [6.07, 6.45) is -8.49. The zero-order valence-corrected chi connectivity index (χ0v) is 18.1. The van der Waals surface area contributed by atoms with Gasteiger partial charge in [0.15, 0.2) is 18.2 Å². The molecule has 1 aliphatic heterocycles. The average molecular weight is 529 g/mol. The van der Waals surface area contributed by atoms with Crippen molar-refractivity contribution in [2.45, 2.75) is 24.7 Å². The Morgan fingerprint density at radius 1 is 1.16 bits per heavy atom. The minimum Gasteiger partial charge on any atom is -0.385 e. The molecule has 7 atom stereocenters. The Morgan fingerprint density at radius 2 is 1.72 bits per heavy atom. The Bertz CT molecular complexity index is 1090. The molecule has 0 spiro atoms. The second-order valence-corrected chi connectivity index (χ2v) is 10.4. The van der Waals surface area contributed by atoms with Crippen molar-refractivity contribution in [3.63, 3.8) is 0 Å². The van der Waals surface area contributed by atoms with Crippen molar-refractivity contribution >= 4 is 29.4 Å². The molecule has 1 aromatic heterocycles. The number of halogens is 1. The third-order valence-electron chi connectivity index (χ3n) is 3.48. The van der Waals surface area contributed by atoms with Crippen LogP contribution >= 0.6 is 23.5 Å². The van der Waals surface area contributed by atoms with Gasteiger partial charge in [-0.05, 0) is 0 Å². The van der Waals surface area contributed by atoms with Gasteiger partial charge in [-0.15, -0.1) is 0 Å². The van der Waals surface area contributed by atoms with Crippen LogP contribution in [0.4, 0.5) is 4.39 Å². The molecule has 0 aliphatic carbocycles. The number of rotatable bonds is 9. The van der Waals surface area contributed by atoms with E-state index in [1.54, 1.807) is 0 Å². The minimum absolute atomic E-state index is 0.226. The molecule has 18 nitrogen and oxygen atoms in total. The molecule has 0 radical (unpaired) electrons. The summed E-state index contributed by atoms with van der Waals surface area (Å²) in [7, 11) is -16.1. The molecule has 1 aliphatic rings. The highest BCUT2D eigenvalue weighted by Crippen LogP contribution is 2.68. The highest BCUT2D eigenvalue weighted by atomic mass is 31.3. The van der Waals surface area contributed by atoms with Crippen molar-refractivity contribution in [2.75, 3.05) is 7.11 Å². The molecule has 1 fully saturated rings. The quantitative estimate of drug-likeness (QED) is 0.190. The maximum absolute atomic E-state index is 13.6. The summed E-state index contributed by atoms with van der Waals surface area (Å²) >= 11 is 0. The molecule has 1 amide bonds. The first-order chi connectivity index (χ1) is 14.5. The summed E-state index contributed by atoms with van der Waals surface area (Å²) in [4.78, 5) is 54.2. The third-order valence-corrected chi connectivity index (χ3v) is 7.72. The molecule has 22 heteroatoms. The SMILES string of the molecule is COP(=O)(O)OP(=O)(O)OP(=O)(O)O[C@H]1O[C@@H](n2cc(F)nc(C(N)=O)c2=O)[C@H](O)[C@@H]1O. The molecule has 0 saturated carbocycles. The van der Waals surface area contributed by atoms with Gasteiger partial charge in [-0.3, -0.25) is 23.2 Å². The van der Waals surface area contributed by atoms with Crippen LogP contribution in [0.1, 0.15) is 16.7 Å². The van der Waals surface area contributed by atoms with E-state index < -0.39 is 71.3 Å². The summed E-state index contributed by atoms with van der Waals surface area (Å²) in [5, 5.41) is 20.0. The number of carbonyl (C=O) groups is 1. The molecule has 32 heavy (non-hydrogen) atoms. The summed E-state index contributed by atoms with van der Waals surface area (Å²) in [5.41, 5.74) is 2.39. The topological polar surface area (TPSA) is 276 Å². The fourth-order valence-corrected chi connectivity index (χ4v) is 5.57. The van der Waals surface area contributed by atoms with Crippen LogP contribution in [-0.2, 0) is 36.1 Å². The van der Waals surface area contributed by atoms with Gasteiger partial charge in [0.25, 0.3) is 11.5 Å². The molecule has 7 N–H and O–H groups in total. The number of nitrogens with zero attached hydrogens (tertiary/aromatic N) is 2. The maximum Gasteiger partial charge on any atom is 0.490 e. The Kier molecular flexibility index (Phi) is 7.91. The molecule has 3 unspecified atom stereocenters. The number of carbonyl (C=O) groups excluding carboxylic acids is 1. The number of aliphatic hydroxyl groups excluding tert-OH is 2. The Labute approximate surface area is 175 Å². The Balaban J connectivity index is 2.25. The summed E-state index contributed by atoms with van der Waals surface area (Å²) in [6.45, 7) is 0. The van der Waals surface area contributed by atoms with Gasteiger partial charge in [-0.2, -0.15) is 13.0 Å². The van der Waals surface area contributed by atoms with E-state index in [2.05, 4.69) is 22.7 Å². The smallest absolute Gasteiger partial charge is 0.385 e. The molecular formula is C10H15FN3O15P3. The summed E-state index contributed by atoms with van der Waals surface area (Å²) in [6, 6.07) is 0. The fourth-order valence-electron chi connectivity index (χ4n) is 2.23. The second kappa shape index (κ2) is 9.44. The first-order valence-electron chi connectivity index (χ1n) is 7.74. The molecule has 182 valence electrons. The van der Waals surface area contributed by atoms with Gasteiger partial charge in [0.2, 0.25) is 5.95 Å². The number of hydrogen-bond acceptors (Lipinski definition) is 13. The number of primary amides is 1. The highest BCUT2D eigenvalue weighted by molar-refractivity contribution is 7.66. The van der Waals surface area contributed by atoms with E-state index in [-0.39, 0.29) is 4.57 Å². The van der Waals surface area contributed by atoms with Crippen LogP contribution in [0.5, 0.6) is 0 Å². The number of phosphoric ester groups is 2. The molecule has 2 heterocycles. The van der Waals surface area contributed by atoms with Crippen LogP contribution in [0.25, 0.3) is 0 Å². The van der Waals surface area contributed by atoms with E-state index >= 15 is 0 Å². The van der Waals surface area contributed by atoms with E-state index in [9.17, 15) is 47.7 Å². The van der Waals surface area contributed by atoms with Gasteiger partial charge >= 0.3 is 23.5 Å². The normalized spacial score (nSPS) is 29.1. The molecule has 1 aromatic rings. The molecule has 0 aromatic carbocycles. The van der Waals surface area contributed by atoms with Gasteiger partial charge in [-0.1, -0.05) is 0 Å². The second-order valence-electron chi connectivity index (χ2n) is 5.72. The number of amides is 1. The number of hydrogen-bond donors (Lipinski definition) is 6. The monoisotopic (exact) mass is 529 g/mol. The molecule has 0 bridgehead atoms. The van der Waals surface area contributed by atoms with Crippen LogP contribution in [0.15, 0.2) is 11.0 Å². The predicted molar refractivity (Wildman–Crippen MR) is 92.6 cm³/mol. The number of aliphatic hydroxyl groups is 2. The Morgan fingerprint density at radius 3 is 2.25 bits per heavy atom. The average Bonchev–Trinajstić information content (AvgIpc) is 2.89. The van der Waals surface area contributed by atoms with Crippen molar-refractivity contribution in [3.8, 4) is 0 Å². The van der Waals surface area contributed by atoms with Crippen LogP contribution in [0.2, 0.25) is 0 Å². The van der Waals surface area contributed by atoms with Crippen molar-refractivity contribution in [1.29, 1.82) is 0 Å². The minimum atomic E-state index is -5.79. The summed E-state index contributed by atoms with van der Waals surface area (Å²) < 4.78 is 68.9. The molecule has 1 saturated heterocycles. The van der Waals surface area contributed by atoms with Gasteiger partial charge < -0.3 is 35.4 Å². The number of aromatic nitrogens is 2. The van der Waals surface area contributed by atoms with Crippen molar-refractivity contribution in [1.82, 2.24) is 9.55 Å². The molecular weight excluding hydrogens is 514 g/mol. The zero-order valence-electron chi connectivity index (χ0n) is 15.4. The van der Waals surface area contributed by atoms with Crippen LogP contribution in [-0.4, -0.2) is 66.0 Å². The van der Waals surface area contributed by atoms with Crippen LogP contribution in [0, 0.1) is 5.95 Å². The highest BCUT2D eigenvalue weighted by Gasteiger charge is 2.50. The van der Waals surface area contributed by atoms with E-state index in [0.717, 1.165) is 0 Å². The first kappa shape index (κ1) is 26.8. The fraction of sp³-hybridized carbons (Fsp3) is 0.500.